The highest BCUT2D eigenvalue weighted by atomic mass is 19.4. The first-order valence-electron chi connectivity index (χ1n) is 6.47. The summed E-state index contributed by atoms with van der Waals surface area (Å²) < 4.78 is 44.0. The molecule has 0 saturated carbocycles. The molecule has 0 spiro atoms. The molecule has 120 valence electrons. The van der Waals surface area contributed by atoms with Crippen molar-refractivity contribution in [3.05, 3.63) is 29.8 Å². The van der Waals surface area contributed by atoms with E-state index in [-0.39, 0.29) is 11.3 Å². The van der Waals surface area contributed by atoms with Gasteiger partial charge in [0.2, 0.25) is 0 Å². The second-order valence-corrected chi connectivity index (χ2v) is 5.94. The largest absolute Gasteiger partial charge is 0.444 e. The van der Waals surface area contributed by atoms with Gasteiger partial charge >= 0.3 is 12.3 Å². The maximum atomic E-state index is 13.0. The highest BCUT2D eigenvalue weighted by Gasteiger charge is 2.53. The lowest BCUT2D eigenvalue weighted by Gasteiger charge is -2.25. The number of hydrogen-bond donors (Lipinski definition) is 1. The van der Waals surface area contributed by atoms with Crippen LogP contribution in [0.2, 0.25) is 0 Å². The molecule has 1 atom stereocenters. The lowest BCUT2D eigenvalue weighted by molar-refractivity contribution is -0.168. The minimum atomic E-state index is -4.69. The van der Waals surface area contributed by atoms with Gasteiger partial charge in [0.1, 0.15) is 5.60 Å². The summed E-state index contributed by atoms with van der Waals surface area (Å²) in [7, 11) is 0. The van der Waals surface area contributed by atoms with E-state index in [0.717, 1.165) is 19.1 Å². The van der Waals surface area contributed by atoms with Crippen molar-refractivity contribution in [1.29, 1.82) is 5.26 Å². The third kappa shape index (κ3) is 4.13. The van der Waals surface area contributed by atoms with Gasteiger partial charge in [0, 0.05) is 5.69 Å². The van der Waals surface area contributed by atoms with Crippen molar-refractivity contribution in [2.75, 3.05) is 5.32 Å². The van der Waals surface area contributed by atoms with Crippen LogP contribution in [0.3, 0.4) is 0 Å². The molecule has 0 aliphatic heterocycles. The Morgan fingerprint density at radius 1 is 1.14 bits per heavy atom. The van der Waals surface area contributed by atoms with Crippen molar-refractivity contribution in [1.82, 2.24) is 0 Å². The molecule has 0 heterocycles. The Morgan fingerprint density at radius 3 is 2.00 bits per heavy atom. The molecule has 0 saturated heterocycles. The summed E-state index contributed by atoms with van der Waals surface area (Å²) in [6.45, 7) is 5.88. The van der Waals surface area contributed by atoms with Crippen LogP contribution in [0.1, 0.15) is 33.3 Å². The Labute approximate surface area is 126 Å². The van der Waals surface area contributed by atoms with E-state index in [1.807, 2.05) is 0 Å². The van der Waals surface area contributed by atoms with Crippen LogP contribution in [-0.4, -0.2) is 17.9 Å². The molecule has 0 fully saturated rings. The zero-order valence-corrected chi connectivity index (χ0v) is 12.7. The smallest absolute Gasteiger partial charge is 0.412 e. The van der Waals surface area contributed by atoms with Crippen molar-refractivity contribution in [3.63, 3.8) is 0 Å². The number of alkyl halides is 3. The Morgan fingerprint density at radius 2 is 1.64 bits per heavy atom. The maximum absolute atomic E-state index is 13.0. The van der Waals surface area contributed by atoms with Crippen LogP contribution in [0, 0.1) is 11.3 Å². The maximum Gasteiger partial charge on any atom is 0.412 e. The number of rotatable bonds is 2. The number of carbonyl (C=O) groups is 1. The summed E-state index contributed by atoms with van der Waals surface area (Å²) in [6, 6.07) is 6.19. The first-order chi connectivity index (χ1) is 9.89. The third-order valence-electron chi connectivity index (χ3n) is 2.90. The molecular weight excluding hydrogens is 297 g/mol. The highest BCUT2D eigenvalue weighted by Crippen LogP contribution is 2.40. The van der Waals surface area contributed by atoms with Crippen LogP contribution >= 0.6 is 0 Å². The summed E-state index contributed by atoms with van der Waals surface area (Å²) in [5, 5.41) is 11.3. The Bertz CT molecular complexity index is 583. The molecule has 0 radical (unpaired) electrons. The van der Waals surface area contributed by atoms with Crippen molar-refractivity contribution < 1.29 is 22.7 Å². The summed E-state index contributed by atoms with van der Waals surface area (Å²) in [4.78, 5) is 11.6. The molecule has 22 heavy (non-hydrogen) atoms. The van der Waals surface area contributed by atoms with Crippen molar-refractivity contribution >= 4 is 11.8 Å². The van der Waals surface area contributed by atoms with Crippen LogP contribution < -0.4 is 5.32 Å². The molecular formula is C15H17F3N2O2. The van der Waals surface area contributed by atoms with E-state index in [0.29, 0.717) is 0 Å². The predicted molar refractivity (Wildman–Crippen MR) is 75.3 cm³/mol. The second-order valence-electron chi connectivity index (χ2n) is 5.94. The summed E-state index contributed by atoms with van der Waals surface area (Å²) in [5.41, 5.74) is -3.20. The molecule has 0 aliphatic carbocycles. The van der Waals surface area contributed by atoms with Crippen LogP contribution in [0.5, 0.6) is 0 Å². The van der Waals surface area contributed by atoms with E-state index < -0.39 is 23.3 Å². The third-order valence-corrected chi connectivity index (χ3v) is 2.90. The van der Waals surface area contributed by atoms with Crippen LogP contribution in [0.15, 0.2) is 24.3 Å². The van der Waals surface area contributed by atoms with Gasteiger partial charge in [-0.15, -0.1) is 0 Å². The number of amides is 1. The monoisotopic (exact) mass is 314 g/mol. The fraction of sp³-hybridized carbons (Fsp3) is 0.467. The van der Waals surface area contributed by atoms with E-state index in [2.05, 4.69) is 5.32 Å². The molecule has 0 aromatic heterocycles. The van der Waals surface area contributed by atoms with E-state index in [4.69, 9.17) is 10.00 Å². The van der Waals surface area contributed by atoms with E-state index in [1.54, 1.807) is 20.8 Å². The van der Waals surface area contributed by atoms with Gasteiger partial charge in [0.15, 0.2) is 5.41 Å². The average molecular weight is 314 g/mol. The zero-order valence-electron chi connectivity index (χ0n) is 12.7. The Hall–Kier alpha value is -2.23. The lowest BCUT2D eigenvalue weighted by Crippen LogP contribution is -2.38. The number of anilines is 1. The number of ether oxygens (including phenoxy) is 1. The molecule has 1 aromatic rings. The highest BCUT2D eigenvalue weighted by molar-refractivity contribution is 5.84. The van der Waals surface area contributed by atoms with Gasteiger partial charge in [-0.2, -0.15) is 18.4 Å². The molecule has 1 aromatic carbocycles. The molecule has 0 bridgehead atoms. The van der Waals surface area contributed by atoms with E-state index in [9.17, 15) is 18.0 Å². The van der Waals surface area contributed by atoms with Gasteiger partial charge in [-0.3, -0.25) is 5.32 Å². The molecule has 1 N–H and O–H groups in total. The molecule has 7 heteroatoms. The van der Waals surface area contributed by atoms with Crippen LogP contribution in [0.25, 0.3) is 0 Å². The minimum Gasteiger partial charge on any atom is -0.444 e. The van der Waals surface area contributed by atoms with Gasteiger partial charge in [-0.05, 0) is 45.4 Å². The number of carbonyl (C=O) groups excluding carboxylic acids is 1. The average Bonchev–Trinajstić information content (AvgIpc) is 2.35. The standard InChI is InChI=1S/C15H17F3N2O2/c1-13(2,3)22-12(21)20-11-7-5-10(6-8-11)14(4,9-19)15(16,17)18/h5-8H,1-4H3,(H,20,21). The number of nitriles is 1. The normalized spacial score (nSPS) is 14.6. The van der Waals surface area contributed by atoms with E-state index >= 15 is 0 Å². The van der Waals surface area contributed by atoms with Gasteiger partial charge in [0.05, 0.1) is 6.07 Å². The predicted octanol–water partition coefficient (Wildman–Crippen LogP) is 4.38. The van der Waals surface area contributed by atoms with E-state index in [1.165, 1.54) is 18.2 Å². The fourth-order valence-corrected chi connectivity index (χ4v) is 1.60. The number of hydrogen-bond acceptors (Lipinski definition) is 3. The van der Waals surface area contributed by atoms with Gasteiger partial charge in [0.25, 0.3) is 0 Å². The van der Waals surface area contributed by atoms with Crippen molar-refractivity contribution in [3.8, 4) is 6.07 Å². The number of nitrogens with zero attached hydrogens (tertiary/aromatic N) is 1. The lowest BCUT2D eigenvalue weighted by atomic mass is 9.83. The SMILES string of the molecule is CC(C)(C)OC(=O)Nc1ccc(C(C)(C#N)C(F)(F)F)cc1. The molecule has 4 nitrogen and oxygen atoms in total. The van der Waals surface area contributed by atoms with Gasteiger partial charge in [-0.1, -0.05) is 12.1 Å². The topological polar surface area (TPSA) is 62.1 Å². The minimum absolute atomic E-state index is 0.197. The molecule has 1 rings (SSSR count). The Kier molecular flexibility index (Phi) is 4.76. The Balaban J connectivity index is 2.93. The number of nitrogens with one attached hydrogen (secondary N) is 1. The summed E-state index contributed by atoms with van der Waals surface area (Å²) in [5.74, 6) is 0. The fourth-order valence-electron chi connectivity index (χ4n) is 1.60. The number of benzene rings is 1. The summed E-state index contributed by atoms with van der Waals surface area (Å²) >= 11 is 0. The summed E-state index contributed by atoms with van der Waals surface area (Å²) in [6.07, 6.45) is -5.40. The van der Waals surface area contributed by atoms with Gasteiger partial charge in [-0.25, -0.2) is 4.79 Å². The first kappa shape index (κ1) is 17.8. The van der Waals surface area contributed by atoms with Crippen LogP contribution in [-0.2, 0) is 10.2 Å². The van der Waals surface area contributed by atoms with Gasteiger partial charge < -0.3 is 4.74 Å². The number of halogens is 3. The zero-order chi connectivity index (χ0) is 17.2. The van der Waals surface area contributed by atoms with Crippen molar-refractivity contribution in [2.24, 2.45) is 0 Å². The molecule has 0 aliphatic rings. The first-order valence-corrected chi connectivity index (χ1v) is 6.47. The molecule has 1 unspecified atom stereocenters. The van der Waals surface area contributed by atoms with Crippen LogP contribution in [0.4, 0.5) is 23.7 Å². The molecule has 1 amide bonds. The van der Waals surface area contributed by atoms with Crippen molar-refractivity contribution in [2.45, 2.75) is 44.9 Å². The quantitative estimate of drug-likeness (QED) is 0.881. The second kappa shape index (κ2) is 5.87.